The Morgan fingerprint density at radius 1 is 1.22 bits per heavy atom. The zero-order valence-electron chi connectivity index (χ0n) is 13.0. The number of rotatable bonds is 6. The molecule has 0 fully saturated rings. The van der Waals surface area contributed by atoms with Gasteiger partial charge in [0.2, 0.25) is 0 Å². The molecule has 0 unspecified atom stereocenters. The summed E-state index contributed by atoms with van der Waals surface area (Å²) in [5.41, 5.74) is 2.94. The summed E-state index contributed by atoms with van der Waals surface area (Å²) < 4.78 is 7.99. The van der Waals surface area contributed by atoms with Crippen molar-refractivity contribution in [3.63, 3.8) is 0 Å². The average Bonchev–Trinajstić information content (AvgIpc) is 2.89. The topological polar surface area (TPSA) is 47.3 Å². The van der Waals surface area contributed by atoms with Crippen LogP contribution < -0.4 is 4.74 Å². The lowest BCUT2D eigenvalue weighted by Crippen LogP contribution is -2.09. The molecular weight excluding hydrogens is 312 g/mol. The summed E-state index contributed by atoms with van der Waals surface area (Å²) in [5, 5.41) is 9.81. The minimum Gasteiger partial charge on any atom is -0.485 e. The van der Waals surface area contributed by atoms with Gasteiger partial charge in [0.05, 0.1) is 11.0 Å². The first-order valence-electron chi connectivity index (χ1n) is 7.63. The number of nitrogens with zero attached hydrogens (tertiary/aromatic N) is 2. The molecule has 0 bridgehead atoms. The lowest BCUT2D eigenvalue weighted by atomic mass is 10.2. The van der Waals surface area contributed by atoms with Crippen LogP contribution >= 0.6 is 11.6 Å². The predicted molar refractivity (Wildman–Crippen MR) is 92.0 cm³/mol. The molecule has 0 saturated carbocycles. The number of para-hydroxylation sites is 1. The molecule has 0 saturated heterocycles. The first-order chi connectivity index (χ1) is 11.2. The minimum atomic E-state index is 0.137. The summed E-state index contributed by atoms with van der Waals surface area (Å²) in [6, 6.07) is 13.6. The first kappa shape index (κ1) is 15.8. The van der Waals surface area contributed by atoms with Crippen LogP contribution in [0.4, 0.5) is 0 Å². The van der Waals surface area contributed by atoms with Gasteiger partial charge in [0, 0.05) is 18.2 Å². The van der Waals surface area contributed by atoms with E-state index in [0.29, 0.717) is 24.6 Å². The third kappa shape index (κ3) is 3.49. The summed E-state index contributed by atoms with van der Waals surface area (Å²) >= 11 is 6.11. The molecule has 0 radical (unpaired) electrons. The number of benzene rings is 2. The Balaban J connectivity index is 1.91. The summed E-state index contributed by atoms with van der Waals surface area (Å²) in [5.74, 6) is 1.69. The van der Waals surface area contributed by atoms with E-state index >= 15 is 0 Å². The molecule has 1 heterocycles. The molecule has 0 atom stereocenters. The molecular formula is C18H19ClN2O2. The number of aliphatic hydroxyl groups is 1. The van der Waals surface area contributed by atoms with E-state index in [4.69, 9.17) is 21.4 Å². The van der Waals surface area contributed by atoms with E-state index in [1.54, 1.807) is 0 Å². The van der Waals surface area contributed by atoms with E-state index in [2.05, 4.69) is 9.55 Å². The highest BCUT2D eigenvalue weighted by atomic mass is 35.5. The number of aromatic nitrogens is 2. The average molecular weight is 331 g/mol. The van der Waals surface area contributed by atoms with Gasteiger partial charge >= 0.3 is 0 Å². The van der Waals surface area contributed by atoms with E-state index in [1.165, 1.54) is 0 Å². The maximum Gasteiger partial charge on any atom is 0.148 e. The van der Waals surface area contributed by atoms with Crippen LogP contribution in [0.5, 0.6) is 5.75 Å². The van der Waals surface area contributed by atoms with Crippen molar-refractivity contribution in [3.05, 3.63) is 58.9 Å². The summed E-state index contributed by atoms with van der Waals surface area (Å²) in [6.45, 7) is 3.21. The van der Waals surface area contributed by atoms with Crippen molar-refractivity contribution in [2.45, 2.75) is 26.5 Å². The largest absolute Gasteiger partial charge is 0.485 e. The number of aliphatic hydroxyl groups excluding tert-OH is 1. The zero-order valence-corrected chi connectivity index (χ0v) is 13.8. The number of hydrogen-bond donors (Lipinski definition) is 1. The maximum absolute atomic E-state index is 9.14. The highest BCUT2D eigenvalue weighted by molar-refractivity contribution is 6.31. The van der Waals surface area contributed by atoms with Crippen molar-refractivity contribution in [2.75, 3.05) is 6.61 Å². The van der Waals surface area contributed by atoms with Gasteiger partial charge < -0.3 is 14.4 Å². The Morgan fingerprint density at radius 2 is 2.04 bits per heavy atom. The molecule has 4 nitrogen and oxygen atoms in total. The van der Waals surface area contributed by atoms with Crippen LogP contribution in [0.2, 0.25) is 5.02 Å². The molecule has 23 heavy (non-hydrogen) atoms. The standard InChI is InChI=1S/C18H19ClN2O2/c1-13-5-2-3-6-17(13)23-12-18-20-15-8-7-14(19)11-16(15)21(18)9-4-10-22/h2-3,5-8,11,22H,4,9-10,12H2,1H3. The zero-order chi connectivity index (χ0) is 16.2. The van der Waals surface area contributed by atoms with Gasteiger partial charge in [-0.15, -0.1) is 0 Å². The Labute approximate surface area is 140 Å². The first-order valence-corrected chi connectivity index (χ1v) is 8.01. The number of hydrogen-bond acceptors (Lipinski definition) is 3. The van der Waals surface area contributed by atoms with Crippen LogP contribution in [0.3, 0.4) is 0 Å². The molecule has 5 heteroatoms. The van der Waals surface area contributed by atoms with E-state index in [9.17, 15) is 0 Å². The molecule has 3 aromatic rings. The molecule has 0 aliphatic rings. The second-order valence-corrected chi connectivity index (χ2v) is 5.88. The second kappa shape index (κ2) is 7.02. The Kier molecular flexibility index (Phi) is 4.84. The Morgan fingerprint density at radius 3 is 2.83 bits per heavy atom. The van der Waals surface area contributed by atoms with Crippen LogP contribution in [0.25, 0.3) is 11.0 Å². The molecule has 1 N–H and O–H groups in total. The second-order valence-electron chi connectivity index (χ2n) is 5.44. The molecule has 0 amide bonds. The summed E-state index contributed by atoms with van der Waals surface area (Å²) in [6.07, 6.45) is 0.662. The highest BCUT2D eigenvalue weighted by Crippen LogP contribution is 2.23. The van der Waals surface area contributed by atoms with E-state index in [1.807, 2.05) is 49.4 Å². The van der Waals surface area contributed by atoms with Crippen molar-refractivity contribution < 1.29 is 9.84 Å². The smallest absolute Gasteiger partial charge is 0.148 e. The van der Waals surface area contributed by atoms with Crippen molar-refractivity contribution in [1.82, 2.24) is 9.55 Å². The van der Waals surface area contributed by atoms with Gasteiger partial charge in [-0.3, -0.25) is 0 Å². The van der Waals surface area contributed by atoms with Gasteiger partial charge in [-0.1, -0.05) is 29.8 Å². The van der Waals surface area contributed by atoms with E-state index < -0.39 is 0 Å². The molecule has 0 aliphatic heterocycles. The molecule has 0 spiro atoms. The fourth-order valence-corrected chi connectivity index (χ4v) is 2.76. The fourth-order valence-electron chi connectivity index (χ4n) is 2.59. The summed E-state index contributed by atoms with van der Waals surface area (Å²) in [7, 11) is 0. The van der Waals surface area contributed by atoms with E-state index in [0.717, 1.165) is 28.2 Å². The molecule has 0 aliphatic carbocycles. The third-order valence-corrected chi connectivity index (χ3v) is 4.01. The Hall–Kier alpha value is -2.04. The molecule has 2 aromatic carbocycles. The van der Waals surface area contributed by atoms with Gasteiger partial charge in [0.25, 0.3) is 0 Å². The molecule has 120 valence electrons. The van der Waals surface area contributed by atoms with Crippen LogP contribution in [0.1, 0.15) is 17.8 Å². The number of aryl methyl sites for hydroxylation is 2. The lowest BCUT2D eigenvalue weighted by Gasteiger charge is -2.11. The summed E-state index contributed by atoms with van der Waals surface area (Å²) in [4.78, 5) is 4.65. The lowest BCUT2D eigenvalue weighted by molar-refractivity contribution is 0.269. The number of imidazole rings is 1. The highest BCUT2D eigenvalue weighted by Gasteiger charge is 2.12. The number of fused-ring (bicyclic) bond motifs is 1. The van der Waals surface area contributed by atoms with Gasteiger partial charge in [-0.05, 0) is 43.2 Å². The fraction of sp³-hybridized carbons (Fsp3) is 0.278. The monoisotopic (exact) mass is 330 g/mol. The predicted octanol–water partition coefficient (Wildman–Crippen LogP) is 3.96. The van der Waals surface area contributed by atoms with Crippen LogP contribution in [-0.2, 0) is 13.2 Å². The third-order valence-electron chi connectivity index (χ3n) is 3.78. The number of halogens is 1. The van der Waals surface area contributed by atoms with Gasteiger partial charge in [-0.25, -0.2) is 4.98 Å². The van der Waals surface area contributed by atoms with Crippen LogP contribution in [-0.4, -0.2) is 21.3 Å². The van der Waals surface area contributed by atoms with Crippen molar-refractivity contribution in [1.29, 1.82) is 0 Å². The van der Waals surface area contributed by atoms with E-state index in [-0.39, 0.29) is 6.61 Å². The van der Waals surface area contributed by atoms with Crippen LogP contribution in [0.15, 0.2) is 42.5 Å². The maximum atomic E-state index is 9.14. The Bertz CT molecular complexity index is 814. The quantitative estimate of drug-likeness (QED) is 0.744. The van der Waals surface area contributed by atoms with Gasteiger partial charge in [0.1, 0.15) is 18.2 Å². The SMILES string of the molecule is Cc1ccccc1OCc1nc2ccc(Cl)cc2n1CCCO. The number of ether oxygens (including phenoxy) is 1. The normalized spacial score (nSPS) is 11.1. The van der Waals surface area contributed by atoms with Gasteiger partial charge in [0.15, 0.2) is 0 Å². The molecule has 1 aromatic heterocycles. The van der Waals surface area contributed by atoms with Crippen molar-refractivity contribution in [2.24, 2.45) is 0 Å². The van der Waals surface area contributed by atoms with Crippen LogP contribution in [0, 0.1) is 6.92 Å². The van der Waals surface area contributed by atoms with Crippen molar-refractivity contribution in [3.8, 4) is 5.75 Å². The van der Waals surface area contributed by atoms with Crippen molar-refractivity contribution >= 4 is 22.6 Å². The minimum absolute atomic E-state index is 0.137. The molecule has 3 rings (SSSR count). The van der Waals surface area contributed by atoms with Gasteiger partial charge in [-0.2, -0.15) is 0 Å².